The van der Waals surface area contributed by atoms with Gasteiger partial charge in [-0.15, -0.1) is 0 Å². The Balaban J connectivity index is 0.000000461. The summed E-state index contributed by atoms with van der Waals surface area (Å²) in [5.74, 6) is 1.08. The maximum atomic E-state index is 2.33. The first-order chi connectivity index (χ1) is 5.43. The average molecular weight is 156 g/mol. The quantitative estimate of drug-likeness (QED) is 0.494. The highest BCUT2D eigenvalue weighted by Gasteiger charge is 2.08. The second-order valence-corrected chi connectivity index (χ2v) is 3.27. The molecule has 1 saturated carbocycles. The van der Waals surface area contributed by atoms with E-state index in [2.05, 4.69) is 6.92 Å². The fourth-order valence-corrected chi connectivity index (χ4v) is 1.77. The van der Waals surface area contributed by atoms with Crippen LogP contribution in [0, 0.1) is 5.92 Å². The van der Waals surface area contributed by atoms with Crippen molar-refractivity contribution >= 4 is 0 Å². The fraction of sp³-hybridized carbons (Fsp3) is 1.00. The van der Waals surface area contributed by atoms with Crippen molar-refractivity contribution in [3.8, 4) is 0 Å². The van der Waals surface area contributed by atoms with Crippen LogP contribution in [0.2, 0.25) is 0 Å². The third-order valence-electron chi connectivity index (χ3n) is 2.55. The van der Waals surface area contributed by atoms with Gasteiger partial charge in [0.05, 0.1) is 0 Å². The zero-order valence-electron chi connectivity index (χ0n) is 8.53. The van der Waals surface area contributed by atoms with Crippen LogP contribution in [0.15, 0.2) is 0 Å². The molecular formula is C11H24. The Kier molecular flexibility index (Phi) is 8.10. The van der Waals surface area contributed by atoms with Crippen molar-refractivity contribution in [1.82, 2.24) is 0 Å². The van der Waals surface area contributed by atoms with Gasteiger partial charge in [-0.2, -0.15) is 0 Å². The van der Waals surface area contributed by atoms with E-state index in [4.69, 9.17) is 0 Å². The first-order valence-corrected chi connectivity index (χ1v) is 5.43. The van der Waals surface area contributed by atoms with Crippen molar-refractivity contribution in [2.24, 2.45) is 5.92 Å². The molecule has 0 aromatic heterocycles. The van der Waals surface area contributed by atoms with Gasteiger partial charge in [0.2, 0.25) is 0 Å². The Morgan fingerprint density at radius 3 is 1.73 bits per heavy atom. The average Bonchev–Trinajstić information content (AvgIpc) is 2.35. The lowest BCUT2D eigenvalue weighted by Crippen LogP contribution is -1.94. The summed E-state index contributed by atoms with van der Waals surface area (Å²) in [6, 6.07) is 0. The highest BCUT2D eigenvalue weighted by molar-refractivity contribution is 4.62. The Labute approximate surface area is 72.4 Å². The van der Waals surface area contributed by atoms with E-state index < -0.39 is 0 Å². The summed E-state index contributed by atoms with van der Waals surface area (Å²) in [6.07, 6.45) is 10.4. The molecule has 1 aliphatic rings. The number of rotatable bonds is 1. The molecule has 0 unspecified atom stereocenters. The zero-order valence-corrected chi connectivity index (χ0v) is 8.53. The number of hydrogen-bond acceptors (Lipinski definition) is 0. The van der Waals surface area contributed by atoms with Gasteiger partial charge in [0, 0.05) is 0 Å². The minimum Gasteiger partial charge on any atom is -0.0683 e. The van der Waals surface area contributed by atoms with Crippen molar-refractivity contribution < 1.29 is 0 Å². The van der Waals surface area contributed by atoms with Crippen molar-refractivity contribution in [3.05, 3.63) is 0 Å². The standard InChI is InChI=1S/C9H18.C2H6/c1-2-9-7-5-3-4-6-8-9;1-2/h9H,2-8H2,1H3;1-2H3. The zero-order chi connectivity index (χ0) is 8.53. The van der Waals surface area contributed by atoms with Crippen LogP contribution in [0.4, 0.5) is 0 Å². The maximum absolute atomic E-state index is 2.33. The van der Waals surface area contributed by atoms with Crippen LogP contribution in [0.3, 0.4) is 0 Å². The van der Waals surface area contributed by atoms with E-state index in [1.807, 2.05) is 13.8 Å². The molecule has 0 heteroatoms. The molecule has 0 amide bonds. The van der Waals surface area contributed by atoms with Gasteiger partial charge in [-0.05, 0) is 5.92 Å². The lowest BCUT2D eigenvalue weighted by Gasteiger charge is -2.08. The van der Waals surface area contributed by atoms with Crippen LogP contribution in [0.1, 0.15) is 65.7 Å². The first kappa shape index (κ1) is 11.0. The lowest BCUT2D eigenvalue weighted by atomic mass is 9.98. The monoisotopic (exact) mass is 156 g/mol. The van der Waals surface area contributed by atoms with Crippen LogP contribution < -0.4 is 0 Å². The third kappa shape index (κ3) is 5.29. The van der Waals surface area contributed by atoms with Gasteiger partial charge in [0.1, 0.15) is 0 Å². The van der Waals surface area contributed by atoms with Crippen LogP contribution in [-0.2, 0) is 0 Å². The molecule has 0 saturated heterocycles. The summed E-state index contributed by atoms with van der Waals surface area (Å²) in [5, 5.41) is 0. The van der Waals surface area contributed by atoms with E-state index in [-0.39, 0.29) is 0 Å². The van der Waals surface area contributed by atoms with E-state index in [1.165, 1.54) is 44.9 Å². The second kappa shape index (κ2) is 8.10. The van der Waals surface area contributed by atoms with Gasteiger partial charge < -0.3 is 0 Å². The molecule has 1 fully saturated rings. The molecule has 68 valence electrons. The minimum atomic E-state index is 1.08. The van der Waals surface area contributed by atoms with Gasteiger partial charge in [-0.1, -0.05) is 65.7 Å². The van der Waals surface area contributed by atoms with Crippen molar-refractivity contribution in [3.63, 3.8) is 0 Å². The van der Waals surface area contributed by atoms with Gasteiger partial charge in [0.15, 0.2) is 0 Å². The molecule has 0 radical (unpaired) electrons. The molecule has 0 aromatic rings. The molecular weight excluding hydrogens is 132 g/mol. The molecule has 0 aromatic carbocycles. The minimum absolute atomic E-state index is 1.08. The Hall–Kier alpha value is 0. The van der Waals surface area contributed by atoms with Gasteiger partial charge in [0.25, 0.3) is 0 Å². The molecule has 0 N–H and O–H groups in total. The summed E-state index contributed by atoms with van der Waals surface area (Å²) < 4.78 is 0. The van der Waals surface area contributed by atoms with Gasteiger partial charge in [-0.3, -0.25) is 0 Å². The van der Waals surface area contributed by atoms with Crippen molar-refractivity contribution in [1.29, 1.82) is 0 Å². The largest absolute Gasteiger partial charge is 0.0683 e. The van der Waals surface area contributed by atoms with Crippen molar-refractivity contribution in [2.75, 3.05) is 0 Å². The summed E-state index contributed by atoms with van der Waals surface area (Å²) in [7, 11) is 0. The Morgan fingerprint density at radius 1 is 0.909 bits per heavy atom. The second-order valence-electron chi connectivity index (χ2n) is 3.27. The number of hydrogen-bond donors (Lipinski definition) is 0. The van der Waals surface area contributed by atoms with Crippen LogP contribution in [-0.4, -0.2) is 0 Å². The summed E-state index contributed by atoms with van der Waals surface area (Å²) in [4.78, 5) is 0. The predicted molar refractivity (Wildman–Crippen MR) is 52.8 cm³/mol. The highest BCUT2D eigenvalue weighted by atomic mass is 14.1. The molecule has 0 atom stereocenters. The van der Waals surface area contributed by atoms with Crippen LogP contribution in [0.5, 0.6) is 0 Å². The lowest BCUT2D eigenvalue weighted by molar-refractivity contribution is 0.446. The maximum Gasteiger partial charge on any atom is -0.0417 e. The summed E-state index contributed by atoms with van der Waals surface area (Å²) >= 11 is 0. The highest BCUT2D eigenvalue weighted by Crippen LogP contribution is 2.24. The molecule has 0 aliphatic heterocycles. The molecule has 0 heterocycles. The molecule has 0 bridgehead atoms. The van der Waals surface area contributed by atoms with E-state index in [0.717, 1.165) is 5.92 Å². The fourth-order valence-electron chi connectivity index (χ4n) is 1.77. The molecule has 1 aliphatic carbocycles. The smallest absolute Gasteiger partial charge is 0.0417 e. The molecule has 1 rings (SSSR count). The van der Waals surface area contributed by atoms with E-state index in [0.29, 0.717) is 0 Å². The van der Waals surface area contributed by atoms with Crippen LogP contribution in [0.25, 0.3) is 0 Å². The van der Waals surface area contributed by atoms with E-state index in [9.17, 15) is 0 Å². The van der Waals surface area contributed by atoms with Gasteiger partial charge >= 0.3 is 0 Å². The Bertz CT molecular complexity index is 58.4. The Morgan fingerprint density at radius 2 is 1.36 bits per heavy atom. The third-order valence-corrected chi connectivity index (χ3v) is 2.55. The van der Waals surface area contributed by atoms with E-state index >= 15 is 0 Å². The summed E-state index contributed by atoms with van der Waals surface area (Å²) in [6.45, 7) is 6.33. The van der Waals surface area contributed by atoms with Crippen molar-refractivity contribution in [2.45, 2.75) is 65.7 Å². The first-order valence-electron chi connectivity index (χ1n) is 5.43. The topological polar surface area (TPSA) is 0 Å². The summed E-state index contributed by atoms with van der Waals surface area (Å²) in [5.41, 5.74) is 0. The van der Waals surface area contributed by atoms with Crippen LogP contribution >= 0.6 is 0 Å². The van der Waals surface area contributed by atoms with E-state index in [1.54, 1.807) is 0 Å². The molecule has 11 heavy (non-hydrogen) atoms. The normalized spacial score (nSPS) is 19.9. The molecule has 0 nitrogen and oxygen atoms in total. The molecule has 0 spiro atoms. The van der Waals surface area contributed by atoms with Gasteiger partial charge in [-0.25, -0.2) is 0 Å². The predicted octanol–water partition coefficient (Wildman–Crippen LogP) is 4.39. The SMILES string of the molecule is CC.CCC1CCCCCC1.